The second-order valence-corrected chi connectivity index (χ2v) is 16.1. The Bertz CT molecular complexity index is 804. The van der Waals surface area contributed by atoms with E-state index in [1.165, 1.54) is 26.4 Å². The van der Waals surface area contributed by atoms with Gasteiger partial charge in [0.05, 0.1) is 12.7 Å². The van der Waals surface area contributed by atoms with Crippen molar-refractivity contribution < 1.29 is 18.8 Å². The summed E-state index contributed by atoms with van der Waals surface area (Å²) >= 11 is 0. The average Bonchev–Trinajstić information content (AvgIpc) is 3.15. The summed E-state index contributed by atoms with van der Waals surface area (Å²) in [4.78, 5) is 24.2. The molecule has 1 saturated heterocycles. The maximum Gasteiger partial charge on any atom is 0.337 e. The zero-order chi connectivity index (χ0) is 26.1. The molecule has 1 aliphatic heterocycles. The summed E-state index contributed by atoms with van der Waals surface area (Å²) in [5, 5.41) is 4.36. The Labute approximate surface area is 214 Å². The second kappa shape index (κ2) is 13.6. The number of unbranched alkanes of at least 4 members (excludes halogenated alkanes) is 2. The van der Waals surface area contributed by atoms with E-state index in [0.29, 0.717) is 24.6 Å². The summed E-state index contributed by atoms with van der Waals surface area (Å²) in [5.74, 6) is -0.129. The van der Waals surface area contributed by atoms with Gasteiger partial charge in [-0.2, -0.15) is 0 Å². The van der Waals surface area contributed by atoms with Crippen molar-refractivity contribution in [2.75, 3.05) is 26.7 Å². The van der Waals surface area contributed by atoms with Crippen molar-refractivity contribution in [1.29, 1.82) is 0 Å². The number of hydrogen-bond acceptors (Lipinski definition) is 5. The Kier molecular flexibility index (Phi) is 11.4. The maximum absolute atomic E-state index is 12.6. The van der Waals surface area contributed by atoms with Gasteiger partial charge in [0.25, 0.3) is 0 Å². The molecule has 1 heterocycles. The predicted octanol–water partition coefficient (Wildman–Crippen LogP) is 6.22. The number of hydrogen-bond donors (Lipinski definition) is 0. The first kappa shape index (κ1) is 29.5. The zero-order valence-electron chi connectivity index (χ0n) is 23.2. The van der Waals surface area contributed by atoms with Crippen LogP contribution in [0.3, 0.4) is 0 Å². The summed E-state index contributed by atoms with van der Waals surface area (Å²) in [5.41, 5.74) is 1.65. The Morgan fingerprint density at radius 3 is 2.31 bits per heavy atom. The van der Waals surface area contributed by atoms with Crippen LogP contribution >= 0.6 is 0 Å². The van der Waals surface area contributed by atoms with Gasteiger partial charge in [-0.1, -0.05) is 59.1 Å². The Morgan fingerprint density at radius 2 is 1.71 bits per heavy atom. The van der Waals surface area contributed by atoms with Crippen LogP contribution in [0.4, 0.5) is 0 Å². The fraction of sp³-hybridized carbons (Fsp3) is 0.714. The summed E-state index contributed by atoms with van der Waals surface area (Å²) in [6.45, 7) is 16.2. The van der Waals surface area contributed by atoms with Crippen molar-refractivity contribution in [1.82, 2.24) is 10.0 Å². The van der Waals surface area contributed by atoms with E-state index in [1.807, 2.05) is 17.1 Å². The van der Waals surface area contributed by atoms with Crippen LogP contribution in [-0.4, -0.2) is 63.1 Å². The van der Waals surface area contributed by atoms with Gasteiger partial charge in [0.2, 0.25) is 5.91 Å². The minimum atomic E-state index is -1.81. The molecule has 1 amide bonds. The molecule has 35 heavy (non-hydrogen) atoms. The fourth-order valence-electron chi connectivity index (χ4n) is 4.27. The van der Waals surface area contributed by atoms with E-state index in [4.69, 9.17) is 9.16 Å². The molecule has 0 bridgehead atoms. The van der Waals surface area contributed by atoms with Gasteiger partial charge in [-0.15, -0.1) is 0 Å². The number of nitrogens with zero attached hydrogens (tertiary/aromatic N) is 2. The highest BCUT2D eigenvalue weighted by atomic mass is 28.4. The molecule has 2 rings (SSSR count). The van der Waals surface area contributed by atoms with E-state index in [-0.39, 0.29) is 16.9 Å². The quantitative estimate of drug-likeness (QED) is 0.171. The standard InChI is InChI=1S/C28H48N2O4Si/c1-8-9-10-12-25(34-35(6,7)28(2,3)4)13-11-20-29-21-19-26(31)30(29)22-18-23-14-16-24(17-15-23)27(32)33-5/h14-17,25H,8-13,18-22H2,1-7H3/t25-/m1/s1. The molecule has 1 aliphatic rings. The number of benzene rings is 1. The van der Waals surface area contributed by atoms with E-state index >= 15 is 0 Å². The molecule has 1 atom stereocenters. The van der Waals surface area contributed by atoms with Crippen LogP contribution < -0.4 is 0 Å². The van der Waals surface area contributed by atoms with E-state index in [0.717, 1.165) is 44.3 Å². The number of methoxy groups -OCH3 is 1. The number of amides is 1. The molecule has 0 N–H and O–H groups in total. The van der Waals surface area contributed by atoms with Crippen LogP contribution in [0.2, 0.25) is 18.1 Å². The molecule has 0 aromatic heterocycles. The zero-order valence-corrected chi connectivity index (χ0v) is 24.2. The number of carbonyl (C=O) groups excluding carboxylic acids is 2. The van der Waals surface area contributed by atoms with E-state index in [9.17, 15) is 9.59 Å². The smallest absolute Gasteiger partial charge is 0.337 e. The van der Waals surface area contributed by atoms with Crippen LogP contribution in [0, 0.1) is 0 Å². The number of hydrazine groups is 1. The van der Waals surface area contributed by atoms with Gasteiger partial charge in [0, 0.05) is 32.2 Å². The van der Waals surface area contributed by atoms with Gasteiger partial charge in [-0.25, -0.2) is 9.80 Å². The third kappa shape index (κ3) is 9.03. The first-order valence-electron chi connectivity index (χ1n) is 13.4. The summed E-state index contributed by atoms with van der Waals surface area (Å²) in [6.07, 6.45) is 8.56. The second-order valence-electron chi connectivity index (χ2n) is 11.3. The van der Waals surface area contributed by atoms with Gasteiger partial charge in [-0.05, 0) is 61.5 Å². The molecular formula is C28H48N2O4Si. The molecule has 0 radical (unpaired) electrons. The lowest BCUT2D eigenvalue weighted by molar-refractivity contribution is -0.138. The minimum Gasteiger partial charge on any atom is -0.465 e. The summed E-state index contributed by atoms with van der Waals surface area (Å²) in [6, 6.07) is 7.45. The van der Waals surface area contributed by atoms with Crippen molar-refractivity contribution in [3.8, 4) is 0 Å². The van der Waals surface area contributed by atoms with E-state index < -0.39 is 8.32 Å². The molecular weight excluding hydrogens is 456 g/mol. The normalized spacial score (nSPS) is 16.1. The molecule has 6 nitrogen and oxygen atoms in total. The highest BCUT2D eigenvalue weighted by molar-refractivity contribution is 6.74. The van der Waals surface area contributed by atoms with Crippen molar-refractivity contribution in [3.63, 3.8) is 0 Å². The topological polar surface area (TPSA) is 59.1 Å². The van der Waals surface area contributed by atoms with Gasteiger partial charge in [0.1, 0.15) is 0 Å². The van der Waals surface area contributed by atoms with Crippen molar-refractivity contribution in [2.45, 2.75) is 103 Å². The molecule has 0 unspecified atom stereocenters. The van der Waals surface area contributed by atoms with E-state index in [2.05, 4.69) is 45.8 Å². The first-order valence-corrected chi connectivity index (χ1v) is 16.3. The van der Waals surface area contributed by atoms with Crippen molar-refractivity contribution in [2.24, 2.45) is 0 Å². The Hall–Kier alpha value is -1.70. The Morgan fingerprint density at radius 1 is 1.06 bits per heavy atom. The summed E-state index contributed by atoms with van der Waals surface area (Å²) < 4.78 is 11.6. The number of ether oxygens (including phenoxy) is 1. The molecule has 1 aromatic rings. The molecule has 1 fully saturated rings. The molecule has 1 aromatic carbocycles. The lowest BCUT2D eigenvalue weighted by Gasteiger charge is -2.39. The lowest BCUT2D eigenvalue weighted by Crippen LogP contribution is -2.44. The van der Waals surface area contributed by atoms with Crippen LogP contribution in [-0.2, 0) is 20.4 Å². The first-order chi connectivity index (χ1) is 16.5. The summed E-state index contributed by atoms with van der Waals surface area (Å²) in [7, 11) is -0.419. The predicted molar refractivity (Wildman–Crippen MR) is 145 cm³/mol. The average molecular weight is 505 g/mol. The highest BCUT2D eigenvalue weighted by Gasteiger charge is 2.39. The van der Waals surface area contributed by atoms with Gasteiger partial charge in [-0.3, -0.25) is 9.80 Å². The molecule has 0 saturated carbocycles. The van der Waals surface area contributed by atoms with Crippen molar-refractivity contribution in [3.05, 3.63) is 35.4 Å². The number of rotatable bonds is 14. The van der Waals surface area contributed by atoms with Crippen molar-refractivity contribution >= 4 is 20.2 Å². The van der Waals surface area contributed by atoms with Crippen LogP contribution in [0.5, 0.6) is 0 Å². The number of esters is 1. The lowest BCUT2D eigenvalue weighted by atomic mass is 10.1. The SMILES string of the molecule is CCCCC[C@H](CCCN1CCC(=O)N1CCc1ccc(C(=O)OC)cc1)O[Si](C)(C)C(C)(C)C. The van der Waals surface area contributed by atoms with E-state index in [1.54, 1.807) is 12.1 Å². The molecule has 0 aliphatic carbocycles. The monoisotopic (exact) mass is 504 g/mol. The van der Waals surface area contributed by atoms with Crippen LogP contribution in [0.1, 0.15) is 88.6 Å². The number of carbonyl (C=O) groups is 2. The highest BCUT2D eigenvalue weighted by Crippen LogP contribution is 2.38. The Balaban J connectivity index is 1.90. The third-order valence-corrected chi connectivity index (χ3v) is 12.1. The fourth-order valence-corrected chi connectivity index (χ4v) is 5.69. The maximum atomic E-state index is 12.6. The van der Waals surface area contributed by atoms with Gasteiger partial charge < -0.3 is 9.16 Å². The van der Waals surface area contributed by atoms with Gasteiger partial charge >= 0.3 is 5.97 Å². The van der Waals surface area contributed by atoms with Crippen LogP contribution in [0.25, 0.3) is 0 Å². The molecule has 7 heteroatoms. The minimum absolute atomic E-state index is 0.202. The molecule has 198 valence electrons. The third-order valence-electron chi connectivity index (χ3n) is 7.54. The largest absolute Gasteiger partial charge is 0.465 e. The van der Waals surface area contributed by atoms with Crippen LogP contribution in [0.15, 0.2) is 24.3 Å². The molecule has 0 spiro atoms. The van der Waals surface area contributed by atoms with Gasteiger partial charge in [0.15, 0.2) is 8.32 Å².